The summed E-state index contributed by atoms with van der Waals surface area (Å²) in [6.45, 7) is 6.95. The summed E-state index contributed by atoms with van der Waals surface area (Å²) in [6, 6.07) is 7.90. The molecule has 1 aliphatic rings. The summed E-state index contributed by atoms with van der Waals surface area (Å²) < 4.78 is 17.1. The fourth-order valence-electron chi connectivity index (χ4n) is 2.88. The van der Waals surface area contributed by atoms with E-state index < -0.39 is 0 Å². The fourth-order valence-corrected chi connectivity index (χ4v) is 2.88. The molecule has 0 bridgehead atoms. The Bertz CT molecular complexity index is 659. The van der Waals surface area contributed by atoms with Gasteiger partial charge in [-0.2, -0.15) is 0 Å². The lowest BCUT2D eigenvalue weighted by atomic mass is 10.2. The first kappa shape index (κ1) is 17.9. The van der Waals surface area contributed by atoms with Crippen molar-refractivity contribution < 1.29 is 14.2 Å². The Balaban J connectivity index is 1.52. The number of nitrogens with one attached hydrogen (secondary N) is 1. The molecule has 6 nitrogen and oxygen atoms in total. The molecular formula is C19H27N3O3. The van der Waals surface area contributed by atoms with E-state index in [1.807, 2.05) is 31.3 Å². The summed E-state index contributed by atoms with van der Waals surface area (Å²) in [5, 5.41) is 4.09. The van der Waals surface area contributed by atoms with E-state index in [9.17, 15) is 0 Å². The van der Waals surface area contributed by atoms with Crippen LogP contribution >= 0.6 is 0 Å². The van der Waals surface area contributed by atoms with Crippen LogP contribution in [0.25, 0.3) is 10.9 Å². The number of aromatic nitrogens is 1. The predicted octanol–water partition coefficient (Wildman–Crippen LogP) is 1.93. The van der Waals surface area contributed by atoms with Crippen LogP contribution in [0.5, 0.6) is 11.5 Å². The van der Waals surface area contributed by atoms with Gasteiger partial charge < -0.3 is 19.5 Å². The maximum Gasteiger partial charge on any atom is 0.130 e. The summed E-state index contributed by atoms with van der Waals surface area (Å²) in [5.74, 6) is 1.72. The summed E-state index contributed by atoms with van der Waals surface area (Å²) in [7, 11) is 1.91. The molecule has 1 N–H and O–H groups in total. The number of ether oxygens (including phenoxy) is 3. The van der Waals surface area contributed by atoms with Gasteiger partial charge in [0, 0.05) is 43.8 Å². The summed E-state index contributed by atoms with van der Waals surface area (Å²) in [5.41, 5.74) is 0.896. The fraction of sp³-hybridized carbons (Fsp3) is 0.526. The van der Waals surface area contributed by atoms with Crippen LogP contribution in [0.1, 0.15) is 6.42 Å². The van der Waals surface area contributed by atoms with Gasteiger partial charge in [0.15, 0.2) is 0 Å². The molecule has 1 saturated heterocycles. The van der Waals surface area contributed by atoms with Crippen LogP contribution in [0.3, 0.4) is 0 Å². The van der Waals surface area contributed by atoms with Crippen LogP contribution in [0.4, 0.5) is 0 Å². The van der Waals surface area contributed by atoms with Crippen LogP contribution in [0.2, 0.25) is 0 Å². The molecule has 1 aromatic carbocycles. The van der Waals surface area contributed by atoms with Gasteiger partial charge in [-0.1, -0.05) is 0 Å². The summed E-state index contributed by atoms with van der Waals surface area (Å²) in [4.78, 5) is 6.85. The minimum atomic E-state index is 0.634. The topological polar surface area (TPSA) is 55.8 Å². The van der Waals surface area contributed by atoms with Crippen LogP contribution in [0, 0.1) is 0 Å². The molecule has 1 fully saturated rings. The highest BCUT2D eigenvalue weighted by Gasteiger charge is 2.09. The first-order valence-electron chi connectivity index (χ1n) is 8.96. The molecule has 0 atom stereocenters. The van der Waals surface area contributed by atoms with Crippen LogP contribution < -0.4 is 14.8 Å². The molecule has 1 aromatic heterocycles. The maximum atomic E-state index is 5.89. The predicted molar refractivity (Wildman–Crippen MR) is 98.5 cm³/mol. The van der Waals surface area contributed by atoms with Crippen molar-refractivity contribution in [1.29, 1.82) is 0 Å². The Morgan fingerprint density at radius 3 is 2.88 bits per heavy atom. The zero-order valence-electron chi connectivity index (χ0n) is 14.9. The number of fused-ring (bicyclic) bond motifs is 1. The molecule has 136 valence electrons. The molecule has 6 heteroatoms. The number of hydrogen-bond acceptors (Lipinski definition) is 6. The van der Waals surface area contributed by atoms with Gasteiger partial charge in [-0.3, -0.25) is 9.88 Å². The Hall–Kier alpha value is -1.89. The zero-order valence-corrected chi connectivity index (χ0v) is 14.9. The third-order valence-electron chi connectivity index (χ3n) is 4.27. The number of rotatable bonds is 9. The van der Waals surface area contributed by atoms with Crippen LogP contribution in [-0.2, 0) is 4.74 Å². The van der Waals surface area contributed by atoms with E-state index in [2.05, 4.69) is 15.2 Å². The van der Waals surface area contributed by atoms with E-state index in [0.29, 0.717) is 13.2 Å². The first-order chi connectivity index (χ1) is 12.4. The van der Waals surface area contributed by atoms with E-state index >= 15 is 0 Å². The Morgan fingerprint density at radius 1 is 1.16 bits per heavy atom. The third kappa shape index (κ3) is 5.29. The van der Waals surface area contributed by atoms with Gasteiger partial charge in [-0.05, 0) is 31.7 Å². The smallest absolute Gasteiger partial charge is 0.130 e. The molecule has 0 aliphatic carbocycles. The highest BCUT2D eigenvalue weighted by Crippen LogP contribution is 2.27. The quantitative estimate of drug-likeness (QED) is 0.701. The number of pyridine rings is 1. The minimum absolute atomic E-state index is 0.634. The van der Waals surface area contributed by atoms with E-state index in [0.717, 1.165) is 68.2 Å². The van der Waals surface area contributed by atoms with Crippen molar-refractivity contribution in [2.75, 3.05) is 59.7 Å². The summed E-state index contributed by atoms with van der Waals surface area (Å²) in [6.07, 6.45) is 2.79. The molecule has 3 rings (SSSR count). The molecule has 0 amide bonds. The van der Waals surface area contributed by atoms with Crippen molar-refractivity contribution in [3.8, 4) is 11.5 Å². The first-order valence-corrected chi connectivity index (χ1v) is 8.96. The van der Waals surface area contributed by atoms with Crippen molar-refractivity contribution in [3.05, 3.63) is 30.5 Å². The molecule has 0 radical (unpaired) electrons. The molecule has 1 aliphatic heterocycles. The van der Waals surface area contributed by atoms with Crippen LogP contribution in [0.15, 0.2) is 30.5 Å². The third-order valence-corrected chi connectivity index (χ3v) is 4.27. The Labute approximate surface area is 149 Å². The lowest BCUT2D eigenvalue weighted by Crippen LogP contribution is -2.37. The molecular weight excluding hydrogens is 318 g/mol. The molecule has 0 unspecified atom stereocenters. The second-order valence-corrected chi connectivity index (χ2v) is 6.10. The van der Waals surface area contributed by atoms with Gasteiger partial charge in [0.05, 0.1) is 25.3 Å². The molecule has 0 saturated carbocycles. The van der Waals surface area contributed by atoms with Gasteiger partial charge in [-0.15, -0.1) is 0 Å². The van der Waals surface area contributed by atoms with Crippen molar-refractivity contribution in [2.24, 2.45) is 0 Å². The maximum absolute atomic E-state index is 5.89. The van der Waals surface area contributed by atoms with E-state index in [-0.39, 0.29) is 0 Å². The Kier molecular flexibility index (Phi) is 6.85. The lowest BCUT2D eigenvalue weighted by Gasteiger charge is -2.26. The van der Waals surface area contributed by atoms with Crippen molar-refractivity contribution in [3.63, 3.8) is 0 Å². The summed E-state index contributed by atoms with van der Waals surface area (Å²) >= 11 is 0. The second-order valence-electron chi connectivity index (χ2n) is 6.10. The van der Waals surface area contributed by atoms with Gasteiger partial charge in [0.2, 0.25) is 0 Å². The van der Waals surface area contributed by atoms with Gasteiger partial charge in [0.1, 0.15) is 18.1 Å². The van der Waals surface area contributed by atoms with Gasteiger partial charge in [0.25, 0.3) is 0 Å². The lowest BCUT2D eigenvalue weighted by molar-refractivity contribution is 0.0358. The monoisotopic (exact) mass is 345 g/mol. The Morgan fingerprint density at radius 2 is 2.04 bits per heavy atom. The average Bonchev–Trinajstić information content (AvgIpc) is 2.66. The number of benzene rings is 1. The second kappa shape index (κ2) is 9.56. The number of morpholine rings is 1. The van der Waals surface area contributed by atoms with Crippen molar-refractivity contribution in [1.82, 2.24) is 15.2 Å². The van der Waals surface area contributed by atoms with Crippen molar-refractivity contribution in [2.45, 2.75) is 6.42 Å². The SMILES string of the molecule is CNCCOc1ccnc2cc(OCCCN3CCOCC3)ccc12. The van der Waals surface area contributed by atoms with Gasteiger partial charge >= 0.3 is 0 Å². The molecule has 2 heterocycles. The highest BCUT2D eigenvalue weighted by atomic mass is 16.5. The number of likely N-dealkylation sites (N-methyl/N-ethyl adjacent to an activating group) is 1. The molecule has 0 spiro atoms. The minimum Gasteiger partial charge on any atom is -0.493 e. The average molecular weight is 345 g/mol. The van der Waals surface area contributed by atoms with Gasteiger partial charge in [-0.25, -0.2) is 0 Å². The molecule has 2 aromatic rings. The van der Waals surface area contributed by atoms with Crippen LogP contribution in [-0.4, -0.2) is 69.5 Å². The molecule has 25 heavy (non-hydrogen) atoms. The van der Waals surface area contributed by atoms with E-state index in [1.54, 1.807) is 6.20 Å². The normalized spacial score (nSPS) is 15.4. The van der Waals surface area contributed by atoms with E-state index in [1.165, 1.54) is 0 Å². The number of hydrogen-bond donors (Lipinski definition) is 1. The number of nitrogens with zero attached hydrogens (tertiary/aromatic N) is 2. The standard InChI is InChI=1S/C19H27N3O3/c1-20-7-12-25-19-5-6-21-18-15-16(3-4-17(18)19)24-11-2-8-22-9-13-23-14-10-22/h3-6,15,20H,2,7-14H2,1H3. The zero-order chi connectivity index (χ0) is 17.3. The van der Waals surface area contributed by atoms with E-state index in [4.69, 9.17) is 14.2 Å². The highest BCUT2D eigenvalue weighted by molar-refractivity contribution is 5.85. The largest absolute Gasteiger partial charge is 0.493 e. The van der Waals surface area contributed by atoms with Crippen molar-refractivity contribution >= 4 is 10.9 Å².